The number of carbonyl (C=O) groups is 6. The third kappa shape index (κ3) is 16.5. The van der Waals surface area contributed by atoms with E-state index in [1.165, 1.54) is 6.92 Å². The molecule has 0 spiro atoms. The summed E-state index contributed by atoms with van der Waals surface area (Å²) in [6.45, 7) is 4.15. The van der Waals surface area contributed by atoms with Gasteiger partial charge in [0.05, 0.1) is 6.54 Å². The van der Waals surface area contributed by atoms with Crippen LogP contribution in [0.15, 0.2) is 4.99 Å². The number of nitrogens with one attached hydrogen (secondary N) is 5. The fourth-order valence-corrected chi connectivity index (χ4v) is 3.35. The third-order valence-corrected chi connectivity index (χ3v) is 5.33. The molecule has 0 aliphatic rings. The van der Waals surface area contributed by atoms with Gasteiger partial charge in [-0.2, -0.15) is 0 Å². The Kier molecular flexibility index (Phi) is 17.2. The van der Waals surface area contributed by atoms with Crippen molar-refractivity contribution in [1.29, 1.82) is 0 Å². The Balaban J connectivity index is 5.44. The van der Waals surface area contributed by atoms with E-state index in [0.29, 0.717) is 25.8 Å². The second kappa shape index (κ2) is 19.2. The smallest absolute Gasteiger partial charge is 0.322 e. The summed E-state index contributed by atoms with van der Waals surface area (Å²) in [6, 6.07) is -3.04. The number of hydrogen-bond donors (Lipinski definition) is 9. The van der Waals surface area contributed by atoms with E-state index in [4.69, 9.17) is 22.3 Å². The normalized spacial score (nSPS) is 12.8. The number of nitrogens with two attached hydrogens (primary N) is 3. The number of carboxylic acids is 1. The van der Waals surface area contributed by atoms with E-state index < -0.39 is 66.7 Å². The van der Waals surface area contributed by atoms with Crippen LogP contribution >= 0.6 is 0 Å². The maximum absolute atomic E-state index is 13.2. The average molecular weight is 558 g/mol. The zero-order valence-corrected chi connectivity index (χ0v) is 22.7. The van der Waals surface area contributed by atoms with Gasteiger partial charge in [-0.25, -0.2) is 0 Å². The minimum atomic E-state index is -1.24. The Bertz CT molecular complexity index is 876. The van der Waals surface area contributed by atoms with Crippen LogP contribution in [0.25, 0.3) is 0 Å². The van der Waals surface area contributed by atoms with E-state index in [2.05, 4.69) is 31.6 Å². The SMILES string of the molecule is CC(=O)NC(CCCN=C(N)N)C(=O)NC(CCCCN)C(=O)NC(C(=O)NCC(=O)NCC(=O)O)C(C)C. The van der Waals surface area contributed by atoms with Crippen molar-refractivity contribution < 1.29 is 33.9 Å². The quantitative estimate of drug-likeness (QED) is 0.0431. The second-order valence-electron chi connectivity index (χ2n) is 9.17. The van der Waals surface area contributed by atoms with Crippen molar-refractivity contribution in [3.8, 4) is 0 Å². The van der Waals surface area contributed by atoms with Crippen LogP contribution in [0.2, 0.25) is 0 Å². The predicted molar refractivity (Wildman–Crippen MR) is 143 cm³/mol. The van der Waals surface area contributed by atoms with Crippen LogP contribution in [0.1, 0.15) is 52.9 Å². The molecular formula is C23H43N9O7. The number of rotatable bonds is 19. The van der Waals surface area contributed by atoms with Crippen LogP contribution < -0.4 is 43.8 Å². The molecule has 16 nitrogen and oxygen atoms in total. The molecule has 0 aliphatic carbocycles. The Hall–Kier alpha value is -3.95. The molecule has 3 unspecified atom stereocenters. The van der Waals surface area contributed by atoms with Crippen LogP contribution in [-0.4, -0.2) is 90.9 Å². The van der Waals surface area contributed by atoms with Gasteiger partial charge in [-0.05, 0) is 44.6 Å². The summed E-state index contributed by atoms with van der Waals surface area (Å²) >= 11 is 0. The molecule has 0 radical (unpaired) electrons. The summed E-state index contributed by atoms with van der Waals surface area (Å²) in [6.07, 6.45) is 1.91. The summed E-state index contributed by atoms with van der Waals surface area (Å²) in [7, 11) is 0. The van der Waals surface area contributed by atoms with Gasteiger partial charge in [-0.3, -0.25) is 33.8 Å². The molecule has 0 bridgehead atoms. The zero-order valence-electron chi connectivity index (χ0n) is 22.7. The molecule has 0 aromatic rings. The zero-order chi connectivity index (χ0) is 30.0. The first-order chi connectivity index (χ1) is 18.3. The number of nitrogens with zero attached hydrogens (tertiary/aromatic N) is 1. The highest BCUT2D eigenvalue weighted by molar-refractivity contribution is 5.95. The number of carboxylic acid groups (broad SMARTS) is 1. The van der Waals surface area contributed by atoms with Crippen LogP contribution in [0.3, 0.4) is 0 Å². The summed E-state index contributed by atoms with van der Waals surface area (Å²) in [5.74, 6) is -4.77. The van der Waals surface area contributed by atoms with Crippen molar-refractivity contribution in [3.63, 3.8) is 0 Å². The Morgan fingerprint density at radius 2 is 1.38 bits per heavy atom. The Morgan fingerprint density at radius 3 is 1.92 bits per heavy atom. The summed E-state index contributed by atoms with van der Waals surface area (Å²) in [5.41, 5.74) is 16.2. The number of aliphatic carboxylic acids is 1. The number of amides is 5. The van der Waals surface area contributed by atoms with Gasteiger partial charge in [0, 0.05) is 13.5 Å². The van der Waals surface area contributed by atoms with Gasteiger partial charge in [-0.15, -0.1) is 0 Å². The van der Waals surface area contributed by atoms with E-state index >= 15 is 0 Å². The first-order valence-corrected chi connectivity index (χ1v) is 12.7. The van der Waals surface area contributed by atoms with Gasteiger partial charge in [0.25, 0.3) is 0 Å². The van der Waals surface area contributed by atoms with Gasteiger partial charge in [0.1, 0.15) is 24.7 Å². The van der Waals surface area contributed by atoms with Crippen molar-refractivity contribution in [2.45, 2.75) is 71.0 Å². The topological polar surface area (TPSA) is 273 Å². The van der Waals surface area contributed by atoms with E-state index in [-0.39, 0.29) is 31.3 Å². The molecule has 16 heteroatoms. The van der Waals surface area contributed by atoms with Crippen LogP contribution in [0, 0.1) is 5.92 Å². The molecule has 5 amide bonds. The fourth-order valence-electron chi connectivity index (χ4n) is 3.35. The molecule has 0 heterocycles. The molecule has 0 aromatic carbocycles. The standard InChI is InChI=1S/C23H43N9O7/c1-13(2)19(22(39)29-11-17(34)28-12-18(35)36)32-21(38)16(7-4-5-9-24)31-20(37)15(30-14(3)33)8-6-10-27-23(25)26/h13,15-16,19H,4-12,24H2,1-3H3,(H,28,34)(H,29,39)(H,30,33)(H,31,37)(H,32,38)(H,35,36)(H4,25,26,27). The van der Waals surface area contributed by atoms with Crippen molar-refractivity contribution >= 4 is 41.5 Å². The van der Waals surface area contributed by atoms with Crippen molar-refractivity contribution in [1.82, 2.24) is 26.6 Å². The van der Waals surface area contributed by atoms with Crippen LogP contribution in [0.5, 0.6) is 0 Å². The highest BCUT2D eigenvalue weighted by Crippen LogP contribution is 2.07. The summed E-state index contributed by atoms with van der Waals surface area (Å²) in [4.78, 5) is 76.7. The largest absolute Gasteiger partial charge is 0.480 e. The van der Waals surface area contributed by atoms with E-state index in [1.54, 1.807) is 13.8 Å². The maximum atomic E-state index is 13.2. The lowest BCUT2D eigenvalue weighted by molar-refractivity contribution is -0.138. The lowest BCUT2D eigenvalue weighted by Gasteiger charge is -2.26. The maximum Gasteiger partial charge on any atom is 0.322 e. The first-order valence-electron chi connectivity index (χ1n) is 12.7. The van der Waals surface area contributed by atoms with Crippen molar-refractivity contribution in [2.24, 2.45) is 28.1 Å². The number of guanidine groups is 1. The van der Waals surface area contributed by atoms with Gasteiger partial charge >= 0.3 is 5.97 Å². The predicted octanol–water partition coefficient (Wildman–Crippen LogP) is -3.38. The Morgan fingerprint density at radius 1 is 0.795 bits per heavy atom. The molecule has 0 aromatic heterocycles. The third-order valence-electron chi connectivity index (χ3n) is 5.33. The molecule has 222 valence electrons. The number of unbranched alkanes of at least 4 members (excludes halogenated alkanes) is 1. The lowest BCUT2D eigenvalue weighted by Crippen LogP contribution is -2.58. The van der Waals surface area contributed by atoms with Gasteiger partial charge in [-0.1, -0.05) is 13.8 Å². The van der Waals surface area contributed by atoms with Crippen LogP contribution in [0.4, 0.5) is 0 Å². The molecule has 12 N–H and O–H groups in total. The fraction of sp³-hybridized carbons (Fsp3) is 0.696. The van der Waals surface area contributed by atoms with Gasteiger partial charge < -0.3 is 48.9 Å². The second-order valence-corrected chi connectivity index (χ2v) is 9.17. The molecule has 0 aliphatic heterocycles. The first kappa shape index (κ1) is 35.0. The monoisotopic (exact) mass is 557 g/mol. The molecule has 0 rings (SSSR count). The van der Waals surface area contributed by atoms with Crippen molar-refractivity contribution in [3.05, 3.63) is 0 Å². The highest BCUT2D eigenvalue weighted by atomic mass is 16.4. The number of carbonyl (C=O) groups excluding carboxylic acids is 5. The Labute approximate surface area is 227 Å². The minimum absolute atomic E-state index is 0.100. The highest BCUT2D eigenvalue weighted by Gasteiger charge is 2.30. The average Bonchev–Trinajstić information content (AvgIpc) is 2.84. The number of aliphatic imine (C=N–C) groups is 1. The van der Waals surface area contributed by atoms with E-state index in [1.807, 2.05) is 0 Å². The van der Waals surface area contributed by atoms with Gasteiger partial charge in [0.15, 0.2) is 5.96 Å². The lowest BCUT2D eigenvalue weighted by atomic mass is 10.0. The van der Waals surface area contributed by atoms with E-state index in [0.717, 1.165) is 0 Å². The minimum Gasteiger partial charge on any atom is -0.480 e. The molecule has 0 saturated carbocycles. The number of hydrogen-bond acceptors (Lipinski definition) is 8. The molecule has 39 heavy (non-hydrogen) atoms. The summed E-state index contributed by atoms with van der Waals surface area (Å²) < 4.78 is 0. The molecule has 3 atom stereocenters. The molecule has 0 saturated heterocycles. The van der Waals surface area contributed by atoms with Crippen molar-refractivity contribution in [2.75, 3.05) is 26.2 Å². The molecule has 0 fully saturated rings. The van der Waals surface area contributed by atoms with Crippen LogP contribution in [-0.2, 0) is 28.8 Å². The van der Waals surface area contributed by atoms with Gasteiger partial charge in [0.2, 0.25) is 29.5 Å². The molecular weight excluding hydrogens is 514 g/mol. The summed E-state index contributed by atoms with van der Waals surface area (Å²) in [5, 5.41) is 20.9. The van der Waals surface area contributed by atoms with E-state index in [9.17, 15) is 28.8 Å².